The van der Waals surface area contributed by atoms with Crippen molar-refractivity contribution < 1.29 is 14.3 Å². The molecule has 3 aliphatic rings. The molecule has 1 amide bonds. The van der Waals surface area contributed by atoms with E-state index in [2.05, 4.69) is 48.5 Å². The Balaban J connectivity index is 1.49. The van der Waals surface area contributed by atoms with E-state index in [4.69, 9.17) is 4.74 Å². The first kappa shape index (κ1) is 19.3. The Kier molecular flexibility index (Phi) is 4.88. The number of likely N-dealkylation sites (tertiary alicyclic amines) is 1. The van der Waals surface area contributed by atoms with Crippen LogP contribution in [-0.4, -0.2) is 35.5 Å². The number of ether oxygens (including phenoxy) is 1. The van der Waals surface area contributed by atoms with Crippen LogP contribution in [0.25, 0.3) is 0 Å². The van der Waals surface area contributed by atoms with Gasteiger partial charge in [-0.25, -0.2) is 0 Å². The molecule has 4 nitrogen and oxygen atoms in total. The van der Waals surface area contributed by atoms with Gasteiger partial charge in [0.05, 0.1) is 12.3 Å². The van der Waals surface area contributed by atoms with Crippen LogP contribution < -0.4 is 0 Å². The van der Waals surface area contributed by atoms with Crippen LogP contribution in [0, 0.1) is 5.92 Å². The Morgan fingerprint density at radius 2 is 1.47 bits per heavy atom. The summed E-state index contributed by atoms with van der Waals surface area (Å²) in [5, 5.41) is 0. The summed E-state index contributed by atoms with van der Waals surface area (Å²) in [5.41, 5.74) is 1.74. The van der Waals surface area contributed by atoms with Crippen LogP contribution in [0.15, 0.2) is 60.7 Å². The maximum Gasteiger partial charge on any atom is 0.307 e. The van der Waals surface area contributed by atoms with Crippen molar-refractivity contribution >= 4 is 11.9 Å². The molecule has 2 aliphatic heterocycles. The largest absolute Gasteiger partial charge is 0.458 e. The molecule has 2 heterocycles. The average Bonchev–Trinajstić information content (AvgIpc) is 3.40. The summed E-state index contributed by atoms with van der Waals surface area (Å²) >= 11 is 0. The van der Waals surface area contributed by atoms with Crippen LogP contribution in [0.3, 0.4) is 0 Å². The molecule has 1 atom stereocenters. The zero-order chi connectivity index (χ0) is 20.6. The Labute approximate surface area is 178 Å². The fourth-order valence-electron chi connectivity index (χ4n) is 6.04. The molecule has 1 spiro atoms. The SMILES string of the molecule is O=C1CC(C(=O)N2CCCC(c3ccccc3)(c3ccccc3)C2)C2(CCCC2)O1. The number of hydrogen-bond donors (Lipinski definition) is 0. The van der Waals surface area contributed by atoms with Gasteiger partial charge in [0.15, 0.2) is 0 Å². The van der Waals surface area contributed by atoms with Gasteiger partial charge in [-0.2, -0.15) is 0 Å². The van der Waals surface area contributed by atoms with Crippen molar-refractivity contribution in [2.45, 2.75) is 56.0 Å². The monoisotopic (exact) mass is 403 g/mol. The third-order valence-corrected chi connectivity index (χ3v) is 7.53. The molecule has 30 heavy (non-hydrogen) atoms. The van der Waals surface area contributed by atoms with E-state index in [1.54, 1.807) is 0 Å². The summed E-state index contributed by atoms with van der Waals surface area (Å²) in [7, 11) is 0. The minimum atomic E-state index is -0.548. The van der Waals surface area contributed by atoms with E-state index >= 15 is 0 Å². The number of benzene rings is 2. The smallest absolute Gasteiger partial charge is 0.307 e. The number of esters is 1. The van der Waals surface area contributed by atoms with Gasteiger partial charge in [0.2, 0.25) is 5.91 Å². The Hall–Kier alpha value is -2.62. The van der Waals surface area contributed by atoms with Crippen molar-refractivity contribution in [1.82, 2.24) is 4.90 Å². The second kappa shape index (κ2) is 7.57. The Morgan fingerprint density at radius 3 is 2.07 bits per heavy atom. The molecular weight excluding hydrogens is 374 g/mol. The summed E-state index contributed by atoms with van der Waals surface area (Å²) in [6, 6.07) is 21.1. The highest BCUT2D eigenvalue weighted by molar-refractivity contribution is 5.88. The summed E-state index contributed by atoms with van der Waals surface area (Å²) in [6.45, 7) is 1.40. The van der Waals surface area contributed by atoms with E-state index in [1.165, 1.54) is 11.1 Å². The summed E-state index contributed by atoms with van der Waals surface area (Å²) < 4.78 is 5.77. The molecule has 5 rings (SSSR count). The van der Waals surface area contributed by atoms with Gasteiger partial charge in [-0.15, -0.1) is 0 Å². The van der Waals surface area contributed by atoms with Gasteiger partial charge in [0.25, 0.3) is 0 Å². The average molecular weight is 404 g/mol. The first-order chi connectivity index (χ1) is 14.6. The number of carbonyl (C=O) groups excluding carboxylic acids is 2. The minimum absolute atomic E-state index is 0.110. The van der Waals surface area contributed by atoms with Gasteiger partial charge in [-0.3, -0.25) is 9.59 Å². The molecule has 1 aliphatic carbocycles. The fourth-order valence-corrected chi connectivity index (χ4v) is 6.04. The molecular formula is C26H29NO3. The van der Waals surface area contributed by atoms with Gasteiger partial charge < -0.3 is 9.64 Å². The van der Waals surface area contributed by atoms with Crippen LogP contribution in [0.1, 0.15) is 56.1 Å². The van der Waals surface area contributed by atoms with Crippen molar-refractivity contribution in [1.29, 1.82) is 0 Å². The minimum Gasteiger partial charge on any atom is -0.458 e. The molecule has 1 saturated carbocycles. The zero-order valence-corrected chi connectivity index (χ0v) is 17.4. The molecule has 2 saturated heterocycles. The molecule has 2 aromatic carbocycles. The molecule has 4 heteroatoms. The molecule has 1 unspecified atom stereocenters. The van der Waals surface area contributed by atoms with Gasteiger partial charge in [-0.1, -0.05) is 60.7 Å². The zero-order valence-electron chi connectivity index (χ0n) is 17.4. The predicted octanol–water partition coefficient (Wildman–Crippen LogP) is 4.47. The molecule has 156 valence electrons. The molecule has 0 N–H and O–H groups in total. The van der Waals surface area contributed by atoms with Crippen LogP contribution in [0.4, 0.5) is 0 Å². The van der Waals surface area contributed by atoms with E-state index in [0.717, 1.165) is 45.1 Å². The number of carbonyl (C=O) groups is 2. The third-order valence-electron chi connectivity index (χ3n) is 7.53. The summed E-state index contributed by atoms with van der Waals surface area (Å²) in [4.78, 5) is 28.0. The standard InChI is InChI=1S/C26H29NO3/c28-23-18-22(26(30-23)15-7-8-16-26)24(29)27-17-9-14-25(19-27,20-10-3-1-4-11-20)21-12-5-2-6-13-21/h1-6,10-13,22H,7-9,14-19H2. The Morgan fingerprint density at radius 1 is 0.867 bits per heavy atom. The summed E-state index contributed by atoms with van der Waals surface area (Å²) in [5.74, 6) is -0.418. The molecule has 0 aromatic heterocycles. The molecule has 0 radical (unpaired) electrons. The first-order valence-corrected chi connectivity index (χ1v) is 11.2. The highest BCUT2D eigenvalue weighted by Crippen LogP contribution is 2.47. The van der Waals surface area contributed by atoms with Crippen molar-refractivity contribution in [3.63, 3.8) is 0 Å². The number of amides is 1. The molecule has 2 aromatic rings. The second-order valence-electron chi connectivity index (χ2n) is 9.18. The van der Waals surface area contributed by atoms with Gasteiger partial charge in [0.1, 0.15) is 5.60 Å². The van der Waals surface area contributed by atoms with Crippen LogP contribution in [-0.2, 0) is 19.7 Å². The Bertz CT molecular complexity index is 878. The highest BCUT2D eigenvalue weighted by Gasteiger charge is 2.55. The number of piperidine rings is 1. The van der Waals surface area contributed by atoms with Crippen molar-refractivity contribution in [3.8, 4) is 0 Å². The lowest BCUT2D eigenvalue weighted by molar-refractivity contribution is -0.152. The van der Waals surface area contributed by atoms with E-state index in [9.17, 15) is 9.59 Å². The van der Waals surface area contributed by atoms with Gasteiger partial charge in [0, 0.05) is 18.5 Å². The van der Waals surface area contributed by atoms with Crippen LogP contribution in [0.2, 0.25) is 0 Å². The normalized spacial score (nSPS) is 24.7. The first-order valence-electron chi connectivity index (χ1n) is 11.2. The van der Waals surface area contributed by atoms with Crippen molar-refractivity contribution in [3.05, 3.63) is 71.8 Å². The van der Waals surface area contributed by atoms with E-state index in [1.807, 2.05) is 17.0 Å². The number of rotatable bonds is 3. The third kappa shape index (κ3) is 3.13. The van der Waals surface area contributed by atoms with Crippen LogP contribution in [0.5, 0.6) is 0 Å². The maximum absolute atomic E-state index is 13.8. The van der Waals surface area contributed by atoms with Gasteiger partial charge >= 0.3 is 5.97 Å². The fraction of sp³-hybridized carbons (Fsp3) is 0.462. The van der Waals surface area contributed by atoms with E-state index in [-0.39, 0.29) is 29.6 Å². The van der Waals surface area contributed by atoms with Gasteiger partial charge in [-0.05, 0) is 49.7 Å². The topological polar surface area (TPSA) is 46.6 Å². The lowest BCUT2D eigenvalue weighted by Crippen LogP contribution is -2.53. The maximum atomic E-state index is 13.8. The summed E-state index contributed by atoms with van der Waals surface area (Å²) in [6.07, 6.45) is 5.92. The second-order valence-corrected chi connectivity index (χ2v) is 9.18. The number of hydrogen-bond acceptors (Lipinski definition) is 3. The van der Waals surface area contributed by atoms with E-state index < -0.39 is 5.60 Å². The molecule has 0 bridgehead atoms. The quantitative estimate of drug-likeness (QED) is 0.711. The van der Waals surface area contributed by atoms with Crippen molar-refractivity contribution in [2.24, 2.45) is 5.92 Å². The highest BCUT2D eigenvalue weighted by atomic mass is 16.6. The lowest BCUT2D eigenvalue weighted by atomic mass is 9.69. The van der Waals surface area contributed by atoms with E-state index in [0.29, 0.717) is 6.54 Å². The van der Waals surface area contributed by atoms with Crippen molar-refractivity contribution in [2.75, 3.05) is 13.1 Å². The van der Waals surface area contributed by atoms with Crippen LogP contribution >= 0.6 is 0 Å². The number of nitrogens with zero attached hydrogens (tertiary/aromatic N) is 1. The predicted molar refractivity (Wildman–Crippen MR) is 115 cm³/mol. The lowest BCUT2D eigenvalue weighted by Gasteiger charge is -2.45. The molecule has 3 fully saturated rings.